The van der Waals surface area contributed by atoms with Crippen molar-refractivity contribution in [2.75, 3.05) is 18.0 Å². The molecule has 21 heavy (non-hydrogen) atoms. The van der Waals surface area contributed by atoms with E-state index in [2.05, 4.69) is 5.32 Å². The van der Waals surface area contributed by atoms with Gasteiger partial charge in [0.2, 0.25) is 5.91 Å². The van der Waals surface area contributed by atoms with E-state index >= 15 is 0 Å². The van der Waals surface area contributed by atoms with Gasteiger partial charge in [0, 0.05) is 31.1 Å². The number of nitrogens with two attached hydrogens (primary N) is 1. The highest BCUT2D eigenvalue weighted by molar-refractivity contribution is 5.79. The summed E-state index contributed by atoms with van der Waals surface area (Å²) in [4.78, 5) is 13.6. The number of amides is 1. The fraction of sp³-hybridized carbons (Fsp3) is 0.533. The van der Waals surface area contributed by atoms with Crippen molar-refractivity contribution in [1.29, 1.82) is 0 Å². The molecule has 0 aliphatic carbocycles. The molecule has 2 rings (SSSR count). The quantitative estimate of drug-likeness (QED) is 0.888. The maximum atomic E-state index is 13.7. The molecular formula is C15H21F2N3O. The van der Waals surface area contributed by atoms with E-state index < -0.39 is 11.6 Å². The van der Waals surface area contributed by atoms with Gasteiger partial charge in [-0.3, -0.25) is 4.79 Å². The molecule has 0 aromatic heterocycles. The monoisotopic (exact) mass is 297 g/mol. The second-order valence-corrected chi connectivity index (χ2v) is 5.66. The standard InChI is InChI=1S/C15H21F2N3O/c1-9(10(2)18)15(21)19-11-6-7-20(8-11)14-12(16)4-3-5-13(14)17/h3-5,9-11H,6-8,18H2,1-2H3,(H,19,21). The number of carbonyl (C=O) groups is 1. The normalized spacial score (nSPS) is 21.2. The molecule has 3 unspecified atom stereocenters. The van der Waals surface area contributed by atoms with Gasteiger partial charge in [0.15, 0.2) is 0 Å². The van der Waals surface area contributed by atoms with Gasteiger partial charge >= 0.3 is 0 Å². The van der Waals surface area contributed by atoms with E-state index in [0.29, 0.717) is 19.5 Å². The number of anilines is 1. The van der Waals surface area contributed by atoms with Crippen LogP contribution in [0.4, 0.5) is 14.5 Å². The van der Waals surface area contributed by atoms with Gasteiger partial charge in [0.05, 0.1) is 0 Å². The molecule has 6 heteroatoms. The summed E-state index contributed by atoms with van der Waals surface area (Å²) in [6.07, 6.45) is 0.658. The molecule has 0 saturated carbocycles. The van der Waals surface area contributed by atoms with E-state index in [1.807, 2.05) is 0 Å². The van der Waals surface area contributed by atoms with Crippen molar-refractivity contribution in [1.82, 2.24) is 5.32 Å². The molecular weight excluding hydrogens is 276 g/mol. The van der Waals surface area contributed by atoms with Gasteiger partial charge in [-0.1, -0.05) is 13.0 Å². The van der Waals surface area contributed by atoms with Crippen molar-refractivity contribution in [2.24, 2.45) is 11.7 Å². The summed E-state index contributed by atoms with van der Waals surface area (Å²) in [6, 6.07) is 3.47. The first-order valence-electron chi connectivity index (χ1n) is 7.15. The van der Waals surface area contributed by atoms with Crippen LogP contribution in [0.3, 0.4) is 0 Å². The van der Waals surface area contributed by atoms with E-state index in [0.717, 1.165) is 0 Å². The largest absolute Gasteiger partial charge is 0.365 e. The van der Waals surface area contributed by atoms with Crippen LogP contribution < -0.4 is 16.0 Å². The minimum atomic E-state index is -0.578. The molecule has 1 heterocycles. The summed E-state index contributed by atoms with van der Waals surface area (Å²) in [6.45, 7) is 4.45. The predicted octanol–water partition coefficient (Wildman–Crippen LogP) is 1.64. The third-order valence-corrected chi connectivity index (χ3v) is 3.99. The van der Waals surface area contributed by atoms with Crippen LogP contribution >= 0.6 is 0 Å². The molecule has 3 N–H and O–H groups in total. The van der Waals surface area contributed by atoms with E-state index in [9.17, 15) is 13.6 Å². The highest BCUT2D eigenvalue weighted by atomic mass is 19.1. The van der Waals surface area contributed by atoms with Gasteiger partial charge in [0.1, 0.15) is 17.3 Å². The van der Waals surface area contributed by atoms with Gasteiger partial charge < -0.3 is 16.0 Å². The van der Waals surface area contributed by atoms with Crippen LogP contribution in [0.25, 0.3) is 0 Å². The zero-order valence-corrected chi connectivity index (χ0v) is 12.3. The molecule has 1 aromatic carbocycles. The fourth-order valence-corrected chi connectivity index (χ4v) is 2.44. The first-order chi connectivity index (χ1) is 9.90. The zero-order valence-electron chi connectivity index (χ0n) is 12.3. The number of rotatable bonds is 4. The van der Waals surface area contributed by atoms with Crippen LogP contribution in [0, 0.1) is 17.6 Å². The van der Waals surface area contributed by atoms with Crippen LogP contribution in [0.1, 0.15) is 20.3 Å². The van der Waals surface area contributed by atoms with Crippen LogP contribution in [-0.4, -0.2) is 31.1 Å². The minimum absolute atomic E-state index is 0.0190. The molecule has 0 bridgehead atoms. The summed E-state index contributed by atoms with van der Waals surface area (Å²) in [7, 11) is 0. The van der Waals surface area contributed by atoms with Gasteiger partial charge in [0.25, 0.3) is 0 Å². The molecule has 1 aliphatic heterocycles. The highest BCUT2D eigenvalue weighted by Crippen LogP contribution is 2.26. The molecule has 116 valence electrons. The summed E-state index contributed by atoms with van der Waals surface area (Å²) in [5.74, 6) is -1.56. The molecule has 3 atom stereocenters. The van der Waals surface area contributed by atoms with Gasteiger partial charge in [-0.15, -0.1) is 0 Å². The van der Waals surface area contributed by atoms with Crippen LogP contribution in [0.2, 0.25) is 0 Å². The lowest BCUT2D eigenvalue weighted by molar-refractivity contribution is -0.125. The number of nitrogens with one attached hydrogen (secondary N) is 1. The molecule has 0 spiro atoms. The first-order valence-corrected chi connectivity index (χ1v) is 7.15. The maximum Gasteiger partial charge on any atom is 0.224 e. The van der Waals surface area contributed by atoms with Crippen molar-refractivity contribution < 1.29 is 13.6 Å². The predicted molar refractivity (Wildman–Crippen MR) is 77.9 cm³/mol. The lowest BCUT2D eigenvalue weighted by Crippen LogP contribution is -2.44. The van der Waals surface area contributed by atoms with Crippen molar-refractivity contribution >= 4 is 11.6 Å². The van der Waals surface area contributed by atoms with Crippen molar-refractivity contribution in [3.63, 3.8) is 0 Å². The SMILES string of the molecule is CC(N)C(C)C(=O)NC1CCN(c2c(F)cccc2F)C1. The summed E-state index contributed by atoms with van der Waals surface area (Å²) in [5.41, 5.74) is 5.68. The van der Waals surface area contributed by atoms with E-state index in [-0.39, 0.29) is 29.6 Å². The summed E-state index contributed by atoms with van der Waals surface area (Å²) in [5, 5.41) is 2.89. The molecule has 1 aliphatic rings. The summed E-state index contributed by atoms with van der Waals surface area (Å²) < 4.78 is 27.5. The Kier molecular flexibility index (Phi) is 4.77. The maximum absolute atomic E-state index is 13.7. The summed E-state index contributed by atoms with van der Waals surface area (Å²) >= 11 is 0. The number of carbonyl (C=O) groups excluding carboxylic acids is 1. The van der Waals surface area contributed by atoms with E-state index in [1.165, 1.54) is 18.2 Å². The Morgan fingerprint density at radius 1 is 1.38 bits per heavy atom. The third kappa shape index (κ3) is 3.50. The van der Waals surface area contributed by atoms with Crippen molar-refractivity contribution in [2.45, 2.75) is 32.4 Å². The number of nitrogens with zero attached hydrogens (tertiary/aromatic N) is 1. The van der Waals surface area contributed by atoms with Gasteiger partial charge in [-0.25, -0.2) is 8.78 Å². The van der Waals surface area contributed by atoms with E-state index in [4.69, 9.17) is 5.73 Å². The molecule has 1 aromatic rings. The Balaban J connectivity index is 2.00. The Hall–Kier alpha value is -1.69. The average molecular weight is 297 g/mol. The number of hydrogen-bond acceptors (Lipinski definition) is 3. The number of benzene rings is 1. The molecule has 1 amide bonds. The van der Waals surface area contributed by atoms with Crippen LogP contribution in [0.5, 0.6) is 0 Å². The number of para-hydroxylation sites is 1. The second kappa shape index (κ2) is 6.39. The topological polar surface area (TPSA) is 58.4 Å². The van der Waals surface area contributed by atoms with Gasteiger partial charge in [-0.2, -0.15) is 0 Å². The van der Waals surface area contributed by atoms with Crippen molar-refractivity contribution in [3.05, 3.63) is 29.8 Å². The Morgan fingerprint density at radius 3 is 2.57 bits per heavy atom. The van der Waals surface area contributed by atoms with Crippen LogP contribution in [0.15, 0.2) is 18.2 Å². The molecule has 0 radical (unpaired) electrons. The van der Waals surface area contributed by atoms with Gasteiger partial charge in [-0.05, 0) is 25.5 Å². The molecule has 1 fully saturated rings. The smallest absolute Gasteiger partial charge is 0.224 e. The first kappa shape index (κ1) is 15.7. The highest BCUT2D eigenvalue weighted by Gasteiger charge is 2.29. The average Bonchev–Trinajstić information content (AvgIpc) is 2.85. The molecule has 4 nitrogen and oxygen atoms in total. The van der Waals surface area contributed by atoms with Crippen LogP contribution in [-0.2, 0) is 4.79 Å². The third-order valence-electron chi connectivity index (χ3n) is 3.99. The Labute approximate surface area is 123 Å². The minimum Gasteiger partial charge on any atom is -0.365 e. The Bertz CT molecular complexity index is 501. The lowest BCUT2D eigenvalue weighted by atomic mass is 10.0. The fourth-order valence-electron chi connectivity index (χ4n) is 2.44. The number of halogens is 2. The zero-order chi connectivity index (χ0) is 15.6. The lowest BCUT2D eigenvalue weighted by Gasteiger charge is -2.21. The Morgan fingerprint density at radius 2 is 2.00 bits per heavy atom. The second-order valence-electron chi connectivity index (χ2n) is 5.66. The van der Waals surface area contributed by atoms with Crippen molar-refractivity contribution in [3.8, 4) is 0 Å². The molecule has 1 saturated heterocycles. The number of hydrogen-bond donors (Lipinski definition) is 2. The van der Waals surface area contributed by atoms with E-state index in [1.54, 1.807) is 18.7 Å².